The van der Waals surface area contributed by atoms with Gasteiger partial charge in [-0.25, -0.2) is 15.0 Å². The van der Waals surface area contributed by atoms with Crippen LogP contribution >= 0.6 is 0 Å². The van der Waals surface area contributed by atoms with E-state index in [0.29, 0.717) is 16.7 Å². The fraction of sp³-hybridized carbons (Fsp3) is 0.400. The van der Waals surface area contributed by atoms with Crippen LogP contribution in [-0.2, 0) is 0 Å². The van der Waals surface area contributed by atoms with Crippen molar-refractivity contribution in [1.82, 2.24) is 19.5 Å². The highest BCUT2D eigenvalue weighted by Gasteiger charge is 2.57. The van der Waals surface area contributed by atoms with Crippen LogP contribution in [-0.4, -0.2) is 42.9 Å². The van der Waals surface area contributed by atoms with Crippen LogP contribution in [0, 0.1) is 30.6 Å². The van der Waals surface area contributed by atoms with Gasteiger partial charge in [0.1, 0.15) is 11.8 Å². The van der Waals surface area contributed by atoms with Crippen molar-refractivity contribution in [2.75, 3.05) is 13.2 Å². The van der Waals surface area contributed by atoms with E-state index in [4.69, 9.17) is 6.42 Å². The lowest BCUT2D eigenvalue weighted by atomic mass is 9.54. The summed E-state index contributed by atoms with van der Waals surface area (Å²) >= 11 is 0. The third kappa shape index (κ3) is 1.59. The summed E-state index contributed by atoms with van der Waals surface area (Å²) in [5.41, 5.74) is 1.99. The van der Waals surface area contributed by atoms with Gasteiger partial charge in [0.05, 0.1) is 36.7 Å². The molecule has 0 amide bonds. The second kappa shape index (κ2) is 4.65. The van der Waals surface area contributed by atoms with E-state index in [1.165, 1.54) is 6.33 Å². The summed E-state index contributed by atoms with van der Waals surface area (Å²) in [5, 5.41) is 19.3. The molecule has 2 N–H and O–H groups in total. The van der Waals surface area contributed by atoms with Crippen LogP contribution in [0.1, 0.15) is 11.7 Å². The highest BCUT2D eigenvalue weighted by molar-refractivity contribution is 5.73. The van der Waals surface area contributed by atoms with Crippen molar-refractivity contribution in [1.29, 1.82) is 0 Å². The summed E-state index contributed by atoms with van der Waals surface area (Å²) in [6.07, 6.45) is 8.69. The molecule has 6 heteroatoms. The van der Waals surface area contributed by atoms with Crippen molar-refractivity contribution in [2.24, 2.45) is 11.3 Å². The standard InChI is InChI=1S/C15H16N4O2/c1-4-15(6-21)9(2)13(11(15)5-20)19-8-18-12-10(3)16-7-17-14(12)19/h1,7-8,11,13,20-21H,2,5-6H2,3H3/t11-,13+,15-/m0/s1. The molecule has 3 atom stereocenters. The number of aromatic nitrogens is 4. The molecule has 2 aromatic heterocycles. The number of hydrogen-bond acceptors (Lipinski definition) is 5. The molecule has 0 spiro atoms. The number of aryl methyl sites for hydroxylation is 1. The smallest absolute Gasteiger partial charge is 0.164 e. The van der Waals surface area contributed by atoms with Gasteiger partial charge in [0, 0.05) is 5.92 Å². The first-order valence-corrected chi connectivity index (χ1v) is 6.63. The molecule has 0 bridgehead atoms. The number of nitrogens with zero attached hydrogens (tertiary/aromatic N) is 4. The van der Waals surface area contributed by atoms with Gasteiger partial charge >= 0.3 is 0 Å². The Balaban J connectivity index is 2.11. The van der Waals surface area contributed by atoms with E-state index in [9.17, 15) is 10.2 Å². The van der Waals surface area contributed by atoms with Gasteiger partial charge in [0.15, 0.2) is 5.65 Å². The van der Waals surface area contributed by atoms with Gasteiger partial charge in [-0.3, -0.25) is 0 Å². The lowest BCUT2D eigenvalue weighted by Gasteiger charge is -2.53. The molecule has 0 unspecified atom stereocenters. The predicted octanol–water partition coefficient (Wildman–Crippen LogP) is 0.466. The van der Waals surface area contributed by atoms with Crippen LogP contribution in [0.15, 0.2) is 24.8 Å². The fourth-order valence-corrected chi connectivity index (χ4v) is 3.17. The number of rotatable bonds is 3. The summed E-state index contributed by atoms with van der Waals surface area (Å²) in [4.78, 5) is 12.7. The van der Waals surface area contributed by atoms with Crippen LogP contribution in [0.2, 0.25) is 0 Å². The summed E-state index contributed by atoms with van der Waals surface area (Å²) in [5.74, 6) is 2.28. The van der Waals surface area contributed by atoms with E-state index >= 15 is 0 Å². The van der Waals surface area contributed by atoms with Gasteiger partial charge in [-0.1, -0.05) is 12.5 Å². The zero-order valence-corrected chi connectivity index (χ0v) is 11.7. The summed E-state index contributed by atoms with van der Waals surface area (Å²) in [6, 6.07) is -0.225. The number of fused-ring (bicyclic) bond motifs is 1. The number of imidazole rings is 1. The first-order valence-electron chi connectivity index (χ1n) is 6.63. The van der Waals surface area contributed by atoms with Gasteiger partial charge in [-0.15, -0.1) is 6.42 Å². The van der Waals surface area contributed by atoms with Gasteiger partial charge in [-0.2, -0.15) is 0 Å². The Morgan fingerprint density at radius 3 is 2.81 bits per heavy atom. The number of aliphatic hydroxyl groups is 2. The van der Waals surface area contributed by atoms with Gasteiger partial charge in [-0.05, 0) is 12.5 Å². The molecule has 108 valence electrons. The summed E-state index contributed by atoms with van der Waals surface area (Å²) < 4.78 is 1.85. The topological polar surface area (TPSA) is 84.1 Å². The molecule has 1 aliphatic rings. The highest BCUT2D eigenvalue weighted by Crippen LogP contribution is 2.57. The lowest BCUT2D eigenvalue weighted by Crippen LogP contribution is -2.54. The molecular weight excluding hydrogens is 268 g/mol. The second-order valence-corrected chi connectivity index (χ2v) is 5.32. The molecule has 2 heterocycles. The molecule has 1 fully saturated rings. The molecule has 0 aliphatic heterocycles. The summed E-state index contributed by atoms with van der Waals surface area (Å²) in [7, 11) is 0. The maximum absolute atomic E-state index is 9.68. The van der Waals surface area contributed by atoms with Crippen LogP contribution in [0.5, 0.6) is 0 Å². The van der Waals surface area contributed by atoms with Gasteiger partial charge < -0.3 is 14.8 Å². The van der Waals surface area contributed by atoms with Crippen LogP contribution in [0.25, 0.3) is 11.2 Å². The highest BCUT2D eigenvalue weighted by atomic mass is 16.3. The quantitative estimate of drug-likeness (QED) is 0.632. The monoisotopic (exact) mass is 284 g/mol. The van der Waals surface area contributed by atoms with Crippen molar-refractivity contribution in [3.05, 3.63) is 30.5 Å². The zero-order chi connectivity index (χ0) is 15.2. The Morgan fingerprint density at radius 1 is 1.43 bits per heavy atom. The Labute approximate surface area is 122 Å². The van der Waals surface area contributed by atoms with Gasteiger partial charge in [0.2, 0.25) is 0 Å². The molecule has 1 saturated carbocycles. The molecule has 21 heavy (non-hydrogen) atoms. The van der Waals surface area contributed by atoms with Gasteiger partial charge in [0.25, 0.3) is 0 Å². The van der Waals surface area contributed by atoms with E-state index < -0.39 is 5.41 Å². The number of hydrogen-bond donors (Lipinski definition) is 2. The van der Waals surface area contributed by atoms with E-state index in [0.717, 1.165) is 5.69 Å². The van der Waals surface area contributed by atoms with Crippen molar-refractivity contribution in [2.45, 2.75) is 13.0 Å². The minimum absolute atomic E-state index is 0.141. The first-order chi connectivity index (χ1) is 10.1. The first kappa shape index (κ1) is 13.7. The molecule has 0 saturated heterocycles. The molecule has 3 rings (SSSR count). The maximum atomic E-state index is 9.68. The molecular formula is C15H16N4O2. The fourth-order valence-electron chi connectivity index (χ4n) is 3.17. The molecule has 0 radical (unpaired) electrons. The Hall–Kier alpha value is -2.23. The van der Waals surface area contributed by atoms with E-state index in [1.54, 1.807) is 6.33 Å². The zero-order valence-electron chi connectivity index (χ0n) is 11.7. The molecule has 2 aromatic rings. The molecule has 1 aliphatic carbocycles. The minimum Gasteiger partial charge on any atom is -0.396 e. The second-order valence-electron chi connectivity index (χ2n) is 5.32. The minimum atomic E-state index is -0.877. The number of terminal acetylenes is 1. The van der Waals surface area contributed by atoms with Crippen LogP contribution in [0.4, 0.5) is 0 Å². The van der Waals surface area contributed by atoms with Crippen molar-refractivity contribution >= 4 is 11.2 Å². The maximum Gasteiger partial charge on any atom is 0.164 e. The van der Waals surface area contributed by atoms with Crippen molar-refractivity contribution in [3.63, 3.8) is 0 Å². The van der Waals surface area contributed by atoms with E-state index in [1.807, 2.05) is 11.5 Å². The summed E-state index contributed by atoms with van der Waals surface area (Å²) in [6.45, 7) is 5.50. The van der Waals surface area contributed by atoms with Crippen molar-refractivity contribution in [3.8, 4) is 12.3 Å². The number of aliphatic hydroxyl groups excluding tert-OH is 2. The van der Waals surface area contributed by atoms with Crippen molar-refractivity contribution < 1.29 is 10.2 Å². The predicted molar refractivity (Wildman–Crippen MR) is 77.2 cm³/mol. The normalized spacial score (nSPS) is 28.4. The van der Waals surface area contributed by atoms with Crippen LogP contribution < -0.4 is 0 Å². The molecule has 6 nitrogen and oxygen atoms in total. The average molecular weight is 284 g/mol. The third-order valence-electron chi connectivity index (χ3n) is 4.49. The Bertz CT molecular complexity index is 761. The SMILES string of the molecule is C#C[C@]1(CO)C(=C)[C@@H](n2cnc3c(C)ncnc32)[C@@H]1CO. The average Bonchev–Trinajstić information content (AvgIpc) is 2.91. The van der Waals surface area contributed by atoms with Crippen LogP contribution in [0.3, 0.4) is 0 Å². The van der Waals surface area contributed by atoms with E-state index in [2.05, 4.69) is 27.5 Å². The Kier molecular flexibility index (Phi) is 3.04. The molecule has 0 aromatic carbocycles. The van der Waals surface area contributed by atoms with E-state index in [-0.39, 0.29) is 25.2 Å². The Morgan fingerprint density at radius 2 is 2.19 bits per heavy atom. The lowest BCUT2D eigenvalue weighted by molar-refractivity contribution is 0.00830. The third-order valence-corrected chi connectivity index (χ3v) is 4.49. The largest absolute Gasteiger partial charge is 0.396 e.